The van der Waals surface area contributed by atoms with Crippen LogP contribution in [-0.2, 0) is 0 Å². The predicted molar refractivity (Wildman–Crippen MR) is 66.3 cm³/mol. The highest BCUT2D eigenvalue weighted by Crippen LogP contribution is 2.62. The average Bonchev–Trinajstić information content (AvgIpc) is 2.61. The van der Waals surface area contributed by atoms with Crippen molar-refractivity contribution in [1.82, 2.24) is 5.32 Å². The van der Waals surface area contributed by atoms with Crippen molar-refractivity contribution in [3.05, 3.63) is 0 Å². The van der Waals surface area contributed by atoms with Gasteiger partial charge in [0, 0.05) is 12.1 Å². The van der Waals surface area contributed by atoms with Gasteiger partial charge in [0.15, 0.2) is 0 Å². The van der Waals surface area contributed by atoms with E-state index in [1.54, 1.807) is 6.92 Å². The molecule has 0 radical (unpaired) electrons. The molecule has 18 heavy (non-hydrogen) atoms. The minimum Gasteiger partial charge on any atom is -0.310 e. The highest BCUT2D eigenvalue weighted by Gasteiger charge is 2.59. The fraction of sp³-hybridized carbons (Fsp3) is 1.00. The number of fused-ring (bicyclic) bond motifs is 2. The first-order chi connectivity index (χ1) is 8.05. The van der Waals surface area contributed by atoms with E-state index in [1.807, 2.05) is 0 Å². The summed E-state index contributed by atoms with van der Waals surface area (Å²) in [5.41, 5.74) is 0.306. The highest BCUT2D eigenvalue weighted by atomic mass is 19.4. The highest BCUT2D eigenvalue weighted by molar-refractivity contribution is 5.12. The second-order valence-corrected chi connectivity index (χ2v) is 7.24. The number of rotatable bonds is 3. The van der Waals surface area contributed by atoms with E-state index in [-0.39, 0.29) is 16.9 Å². The third-order valence-corrected chi connectivity index (χ3v) is 5.26. The predicted octanol–water partition coefficient (Wildman–Crippen LogP) is 4.13. The minimum atomic E-state index is -4.07. The molecule has 4 unspecified atom stereocenters. The summed E-state index contributed by atoms with van der Waals surface area (Å²) in [5.74, 6) is 0.665. The van der Waals surface area contributed by atoms with Crippen molar-refractivity contribution >= 4 is 0 Å². The van der Waals surface area contributed by atoms with Crippen molar-refractivity contribution in [2.75, 3.05) is 0 Å². The number of alkyl halides is 3. The summed E-state index contributed by atoms with van der Waals surface area (Å²) >= 11 is 0. The Morgan fingerprint density at radius 2 is 1.89 bits per heavy atom. The molecule has 2 rings (SSSR count). The molecule has 1 nitrogen and oxygen atoms in total. The van der Waals surface area contributed by atoms with Gasteiger partial charge in [-0.05, 0) is 42.9 Å². The molecule has 2 fully saturated rings. The molecule has 2 aliphatic rings. The molecule has 4 atom stereocenters. The van der Waals surface area contributed by atoms with Gasteiger partial charge in [-0.15, -0.1) is 0 Å². The van der Waals surface area contributed by atoms with Crippen molar-refractivity contribution in [2.45, 2.75) is 71.6 Å². The monoisotopic (exact) mass is 263 g/mol. The number of hydrogen-bond acceptors (Lipinski definition) is 1. The maximum absolute atomic E-state index is 12.4. The molecule has 2 saturated carbocycles. The lowest BCUT2D eigenvalue weighted by molar-refractivity contribution is -0.140. The van der Waals surface area contributed by atoms with Crippen LogP contribution in [0.4, 0.5) is 13.2 Å². The molecule has 0 aromatic rings. The molecule has 1 N–H and O–H groups in total. The normalized spacial score (nSPS) is 40.2. The smallest absolute Gasteiger partial charge is 0.310 e. The topological polar surface area (TPSA) is 12.0 Å². The van der Waals surface area contributed by atoms with Crippen LogP contribution in [0.15, 0.2) is 0 Å². The van der Waals surface area contributed by atoms with Gasteiger partial charge in [-0.3, -0.25) is 0 Å². The van der Waals surface area contributed by atoms with Gasteiger partial charge in [-0.25, -0.2) is 0 Å². The Kier molecular flexibility index (Phi) is 3.24. The molecule has 0 aliphatic heterocycles. The van der Waals surface area contributed by atoms with Gasteiger partial charge in [0.2, 0.25) is 0 Å². The molecule has 0 heterocycles. The zero-order valence-corrected chi connectivity index (χ0v) is 11.7. The van der Waals surface area contributed by atoms with Gasteiger partial charge < -0.3 is 5.32 Å². The Bertz CT molecular complexity index is 319. The first kappa shape index (κ1) is 14.2. The maximum Gasteiger partial charge on any atom is 0.390 e. The molecule has 2 aliphatic carbocycles. The molecular weight excluding hydrogens is 239 g/mol. The first-order valence-corrected chi connectivity index (χ1v) is 6.87. The Morgan fingerprint density at radius 3 is 2.33 bits per heavy atom. The molecule has 0 saturated heterocycles. The Labute approximate surface area is 108 Å². The van der Waals surface area contributed by atoms with Crippen molar-refractivity contribution in [3.63, 3.8) is 0 Å². The van der Waals surface area contributed by atoms with Crippen LogP contribution in [0.3, 0.4) is 0 Å². The largest absolute Gasteiger partial charge is 0.390 e. The molecule has 0 amide bonds. The summed E-state index contributed by atoms with van der Waals surface area (Å²) in [6, 6.07) is -0.286. The fourth-order valence-corrected chi connectivity index (χ4v) is 4.41. The Morgan fingerprint density at radius 1 is 1.28 bits per heavy atom. The van der Waals surface area contributed by atoms with Crippen LogP contribution in [0.25, 0.3) is 0 Å². The lowest BCUT2D eigenvalue weighted by Gasteiger charge is -2.44. The van der Waals surface area contributed by atoms with Crippen molar-refractivity contribution < 1.29 is 13.2 Å². The van der Waals surface area contributed by atoms with Crippen molar-refractivity contribution in [1.29, 1.82) is 0 Å². The lowest BCUT2D eigenvalue weighted by Crippen LogP contribution is -2.53. The second kappa shape index (κ2) is 4.12. The lowest BCUT2D eigenvalue weighted by atomic mass is 9.68. The molecular formula is C14H24F3N. The molecule has 0 aromatic heterocycles. The summed E-state index contributed by atoms with van der Waals surface area (Å²) < 4.78 is 37.2. The first-order valence-electron chi connectivity index (χ1n) is 6.87. The summed E-state index contributed by atoms with van der Waals surface area (Å²) in [6.07, 6.45) is -1.27. The van der Waals surface area contributed by atoms with Crippen LogP contribution in [0, 0.1) is 16.7 Å². The van der Waals surface area contributed by atoms with E-state index in [9.17, 15) is 13.2 Å². The van der Waals surface area contributed by atoms with Crippen molar-refractivity contribution in [2.24, 2.45) is 16.7 Å². The number of hydrogen-bond donors (Lipinski definition) is 1. The number of nitrogens with one attached hydrogen (secondary N) is 1. The van der Waals surface area contributed by atoms with E-state index in [4.69, 9.17) is 0 Å². The molecule has 2 bridgehead atoms. The zero-order chi connectivity index (χ0) is 13.8. The SMILES string of the molecule is CC(CC(F)(F)F)NC1C2(C)CCC(C2)C1(C)C. The summed E-state index contributed by atoms with van der Waals surface area (Å²) in [5, 5.41) is 3.28. The Balaban J connectivity index is 2.05. The van der Waals surface area contributed by atoms with E-state index in [2.05, 4.69) is 26.1 Å². The number of halogens is 3. The average molecular weight is 263 g/mol. The maximum atomic E-state index is 12.4. The standard InChI is InChI=1S/C14H24F3N/c1-9(7-14(15,16)17)18-11-12(2,3)10-5-6-13(11,4)8-10/h9-11,18H,5-8H2,1-4H3. The Hall–Kier alpha value is -0.250. The van der Waals surface area contributed by atoms with Crippen LogP contribution < -0.4 is 5.32 Å². The van der Waals surface area contributed by atoms with Crippen LogP contribution in [0.5, 0.6) is 0 Å². The van der Waals surface area contributed by atoms with Crippen molar-refractivity contribution in [3.8, 4) is 0 Å². The van der Waals surface area contributed by atoms with E-state index in [1.165, 1.54) is 6.42 Å². The molecule has 0 aromatic carbocycles. The molecule has 106 valence electrons. The van der Waals surface area contributed by atoms with E-state index in [0.717, 1.165) is 12.8 Å². The second-order valence-electron chi connectivity index (χ2n) is 7.24. The van der Waals surface area contributed by atoms with Gasteiger partial charge in [-0.2, -0.15) is 13.2 Å². The summed E-state index contributed by atoms with van der Waals surface area (Å²) in [7, 11) is 0. The van der Waals surface area contributed by atoms with E-state index in [0.29, 0.717) is 5.92 Å². The third-order valence-electron chi connectivity index (χ3n) is 5.26. The van der Waals surface area contributed by atoms with Gasteiger partial charge in [0.05, 0.1) is 6.42 Å². The van der Waals surface area contributed by atoms with Crippen LogP contribution in [0.2, 0.25) is 0 Å². The molecule has 4 heteroatoms. The van der Waals surface area contributed by atoms with Crippen LogP contribution in [0.1, 0.15) is 53.4 Å². The summed E-state index contributed by atoms with van der Waals surface area (Å²) in [6.45, 7) is 8.30. The van der Waals surface area contributed by atoms with Crippen LogP contribution in [-0.4, -0.2) is 18.3 Å². The van der Waals surface area contributed by atoms with Crippen LogP contribution >= 0.6 is 0 Å². The van der Waals surface area contributed by atoms with Gasteiger partial charge in [-0.1, -0.05) is 20.8 Å². The third kappa shape index (κ3) is 2.40. The van der Waals surface area contributed by atoms with E-state index >= 15 is 0 Å². The fourth-order valence-electron chi connectivity index (χ4n) is 4.41. The molecule has 0 spiro atoms. The van der Waals surface area contributed by atoms with E-state index < -0.39 is 18.6 Å². The van der Waals surface area contributed by atoms with Gasteiger partial charge in [0.1, 0.15) is 0 Å². The minimum absolute atomic E-state index is 0.118. The van der Waals surface area contributed by atoms with Gasteiger partial charge >= 0.3 is 6.18 Å². The quantitative estimate of drug-likeness (QED) is 0.807. The zero-order valence-electron chi connectivity index (χ0n) is 11.7. The van der Waals surface area contributed by atoms with Gasteiger partial charge in [0.25, 0.3) is 0 Å². The summed E-state index contributed by atoms with van der Waals surface area (Å²) in [4.78, 5) is 0.